The van der Waals surface area contributed by atoms with Crippen LogP contribution >= 0.6 is 0 Å². The average molecular weight is 355 g/mol. The van der Waals surface area contributed by atoms with Crippen LogP contribution < -0.4 is 24.8 Å². The Morgan fingerprint density at radius 3 is 2.96 bits per heavy atom. The van der Waals surface area contributed by atoms with Crippen molar-refractivity contribution >= 4 is 21.6 Å². The van der Waals surface area contributed by atoms with E-state index in [0.717, 1.165) is 25.8 Å². The topological polar surface area (TPSA) is 106 Å². The summed E-state index contributed by atoms with van der Waals surface area (Å²) in [6.07, 6.45) is 2.93. The Morgan fingerprint density at radius 2 is 2.25 bits per heavy atom. The van der Waals surface area contributed by atoms with Gasteiger partial charge in [0, 0.05) is 24.7 Å². The summed E-state index contributed by atoms with van der Waals surface area (Å²) >= 11 is 0. The molecule has 24 heavy (non-hydrogen) atoms. The highest BCUT2D eigenvalue weighted by molar-refractivity contribution is 7.89. The van der Waals surface area contributed by atoms with Gasteiger partial charge in [-0.05, 0) is 25.8 Å². The number of methoxy groups -OCH3 is 1. The second kappa shape index (κ2) is 6.96. The van der Waals surface area contributed by atoms with Crippen molar-refractivity contribution in [1.82, 2.24) is 10.0 Å². The van der Waals surface area contributed by atoms with Gasteiger partial charge in [-0.1, -0.05) is 0 Å². The van der Waals surface area contributed by atoms with E-state index in [9.17, 15) is 13.2 Å². The summed E-state index contributed by atoms with van der Waals surface area (Å²) in [4.78, 5) is 11.4. The molecule has 132 valence electrons. The van der Waals surface area contributed by atoms with E-state index < -0.39 is 10.0 Å². The van der Waals surface area contributed by atoms with Gasteiger partial charge in [-0.15, -0.1) is 0 Å². The zero-order valence-corrected chi connectivity index (χ0v) is 14.2. The van der Waals surface area contributed by atoms with Gasteiger partial charge in [0.1, 0.15) is 16.4 Å². The third-order valence-electron chi connectivity index (χ3n) is 4.14. The standard InChI is InChI=1S/C15H21N3O5S/c1-22-13-7-11-12(23-9-15(19)18-11)8-14(13)24(20,21)17-6-4-10-3-2-5-16-10/h7-8,10,16-17H,2-6,9H2,1H3,(H,18,19)/t10-/m1/s1. The minimum Gasteiger partial charge on any atom is -0.495 e. The molecule has 3 N–H and O–H groups in total. The van der Waals surface area contributed by atoms with Gasteiger partial charge in [-0.25, -0.2) is 13.1 Å². The molecule has 2 heterocycles. The first-order valence-electron chi connectivity index (χ1n) is 7.87. The summed E-state index contributed by atoms with van der Waals surface area (Å²) in [5, 5.41) is 5.96. The Balaban J connectivity index is 1.77. The predicted molar refractivity (Wildman–Crippen MR) is 87.9 cm³/mol. The smallest absolute Gasteiger partial charge is 0.262 e. The number of amides is 1. The molecule has 0 aromatic heterocycles. The number of carbonyl (C=O) groups is 1. The summed E-state index contributed by atoms with van der Waals surface area (Å²) in [5.41, 5.74) is 0.400. The minimum atomic E-state index is -3.74. The predicted octanol–water partition coefficient (Wildman–Crippen LogP) is 0.447. The molecular formula is C15H21N3O5S. The van der Waals surface area contributed by atoms with E-state index in [1.807, 2.05) is 0 Å². The number of rotatable bonds is 6. The van der Waals surface area contributed by atoms with Crippen LogP contribution in [0.4, 0.5) is 5.69 Å². The lowest BCUT2D eigenvalue weighted by Gasteiger charge is -2.20. The normalized spacial score (nSPS) is 20.2. The Kier molecular flexibility index (Phi) is 4.93. The molecule has 1 saturated heterocycles. The Bertz CT molecular complexity index is 729. The zero-order valence-electron chi connectivity index (χ0n) is 13.4. The molecule has 2 aliphatic heterocycles. The van der Waals surface area contributed by atoms with Crippen molar-refractivity contribution in [2.75, 3.05) is 32.1 Å². The summed E-state index contributed by atoms with van der Waals surface area (Å²) < 4.78 is 38.2. The van der Waals surface area contributed by atoms with Crippen molar-refractivity contribution in [3.8, 4) is 11.5 Å². The van der Waals surface area contributed by atoms with Crippen LogP contribution in [0.5, 0.6) is 11.5 Å². The van der Waals surface area contributed by atoms with Crippen molar-refractivity contribution in [3.63, 3.8) is 0 Å². The lowest BCUT2D eigenvalue weighted by Crippen LogP contribution is -2.31. The van der Waals surface area contributed by atoms with Gasteiger partial charge in [-0.3, -0.25) is 4.79 Å². The fourth-order valence-corrected chi connectivity index (χ4v) is 4.12. The van der Waals surface area contributed by atoms with Gasteiger partial charge in [0.05, 0.1) is 12.8 Å². The fourth-order valence-electron chi connectivity index (χ4n) is 2.91. The molecule has 0 aliphatic carbocycles. The number of sulfonamides is 1. The van der Waals surface area contributed by atoms with Crippen LogP contribution in [0.15, 0.2) is 17.0 Å². The number of hydrogen-bond acceptors (Lipinski definition) is 6. The van der Waals surface area contributed by atoms with E-state index in [1.165, 1.54) is 19.2 Å². The molecule has 1 fully saturated rings. The quantitative estimate of drug-likeness (QED) is 0.684. The first-order chi connectivity index (χ1) is 11.5. The number of anilines is 1. The van der Waals surface area contributed by atoms with Crippen LogP contribution in [0.1, 0.15) is 19.3 Å². The lowest BCUT2D eigenvalue weighted by molar-refractivity contribution is -0.118. The molecule has 9 heteroatoms. The van der Waals surface area contributed by atoms with Crippen molar-refractivity contribution < 1.29 is 22.7 Å². The summed E-state index contributed by atoms with van der Waals surface area (Å²) in [7, 11) is -2.35. The highest BCUT2D eigenvalue weighted by Gasteiger charge is 2.26. The number of hydrogen-bond donors (Lipinski definition) is 3. The molecule has 1 aromatic carbocycles. The van der Waals surface area contributed by atoms with Crippen molar-refractivity contribution in [2.24, 2.45) is 0 Å². The van der Waals surface area contributed by atoms with E-state index in [2.05, 4.69) is 15.4 Å². The fraction of sp³-hybridized carbons (Fsp3) is 0.533. The second-order valence-electron chi connectivity index (χ2n) is 5.82. The molecule has 1 aromatic rings. The Labute approximate surface area is 141 Å². The van der Waals surface area contributed by atoms with Gasteiger partial charge in [0.15, 0.2) is 6.61 Å². The molecule has 3 rings (SSSR count). The molecule has 0 bridgehead atoms. The number of benzene rings is 1. The first-order valence-corrected chi connectivity index (χ1v) is 9.35. The van der Waals surface area contributed by atoms with Crippen molar-refractivity contribution in [1.29, 1.82) is 0 Å². The maximum Gasteiger partial charge on any atom is 0.262 e. The third-order valence-corrected chi connectivity index (χ3v) is 5.62. The largest absolute Gasteiger partial charge is 0.495 e. The maximum absolute atomic E-state index is 12.6. The molecule has 0 spiro atoms. The summed E-state index contributed by atoms with van der Waals surface area (Å²) in [6.45, 7) is 1.19. The van der Waals surface area contributed by atoms with Gasteiger partial charge >= 0.3 is 0 Å². The SMILES string of the molecule is COc1cc2c(cc1S(=O)(=O)NCC[C@H]1CCCN1)OCC(=O)N2. The molecule has 1 amide bonds. The Morgan fingerprint density at radius 1 is 1.42 bits per heavy atom. The molecule has 2 aliphatic rings. The van der Waals surface area contributed by atoms with E-state index >= 15 is 0 Å². The van der Waals surface area contributed by atoms with Gasteiger partial charge in [-0.2, -0.15) is 0 Å². The molecule has 0 unspecified atom stereocenters. The van der Waals surface area contributed by atoms with Gasteiger partial charge in [0.2, 0.25) is 10.0 Å². The van der Waals surface area contributed by atoms with Gasteiger partial charge < -0.3 is 20.1 Å². The van der Waals surface area contributed by atoms with Crippen LogP contribution in [-0.2, 0) is 14.8 Å². The zero-order chi connectivity index (χ0) is 17.2. The van der Waals surface area contributed by atoms with Crippen LogP contribution in [0.25, 0.3) is 0 Å². The second-order valence-corrected chi connectivity index (χ2v) is 7.55. The molecule has 0 saturated carbocycles. The van der Waals surface area contributed by atoms with E-state index in [1.54, 1.807) is 0 Å². The van der Waals surface area contributed by atoms with Crippen LogP contribution in [-0.4, -0.2) is 47.2 Å². The van der Waals surface area contributed by atoms with Crippen LogP contribution in [0.3, 0.4) is 0 Å². The number of nitrogens with one attached hydrogen (secondary N) is 3. The van der Waals surface area contributed by atoms with E-state index in [0.29, 0.717) is 24.0 Å². The van der Waals surface area contributed by atoms with Crippen molar-refractivity contribution in [3.05, 3.63) is 12.1 Å². The van der Waals surface area contributed by atoms with Crippen LogP contribution in [0, 0.1) is 0 Å². The first kappa shape index (κ1) is 17.0. The van der Waals surface area contributed by atoms with E-state index in [4.69, 9.17) is 9.47 Å². The molecule has 8 nitrogen and oxygen atoms in total. The molecule has 0 radical (unpaired) electrons. The average Bonchev–Trinajstić information content (AvgIpc) is 3.06. The number of ether oxygens (including phenoxy) is 2. The monoisotopic (exact) mass is 355 g/mol. The highest BCUT2D eigenvalue weighted by Crippen LogP contribution is 2.37. The summed E-state index contributed by atoms with van der Waals surface area (Å²) in [6, 6.07) is 3.19. The van der Waals surface area contributed by atoms with Crippen molar-refractivity contribution in [2.45, 2.75) is 30.2 Å². The third kappa shape index (κ3) is 3.63. The Hall–Kier alpha value is -1.84. The number of fused-ring (bicyclic) bond motifs is 1. The highest BCUT2D eigenvalue weighted by atomic mass is 32.2. The maximum atomic E-state index is 12.6. The molecular weight excluding hydrogens is 334 g/mol. The van der Waals surface area contributed by atoms with E-state index in [-0.39, 0.29) is 23.2 Å². The molecule has 1 atom stereocenters. The lowest BCUT2D eigenvalue weighted by atomic mass is 10.2. The minimum absolute atomic E-state index is 0.000667. The summed E-state index contributed by atoms with van der Waals surface area (Å²) in [5.74, 6) is 0.182. The van der Waals surface area contributed by atoms with Crippen LogP contribution in [0.2, 0.25) is 0 Å². The van der Waals surface area contributed by atoms with Gasteiger partial charge in [0.25, 0.3) is 5.91 Å². The number of carbonyl (C=O) groups excluding carboxylic acids is 1.